The van der Waals surface area contributed by atoms with E-state index in [0.717, 1.165) is 23.1 Å². The second-order valence-electron chi connectivity index (χ2n) is 1.74. The molecular weight excluding hydrogens is 184 g/mol. The van der Waals surface area contributed by atoms with Crippen LogP contribution in [0.3, 0.4) is 0 Å². The fourth-order valence-corrected chi connectivity index (χ4v) is 0.941. The molecule has 0 unspecified atom stereocenters. The summed E-state index contributed by atoms with van der Waals surface area (Å²) in [6, 6.07) is 0. The molecule has 0 amide bonds. The van der Waals surface area contributed by atoms with Crippen LogP contribution in [0.25, 0.3) is 0 Å². The lowest BCUT2D eigenvalue weighted by atomic mass is 10.3. The van der Waals surface area contributed by atoms with E-state index in [9.17, 15) is 0 Å². The first-order valence-electron chi connectivity index (χ1n) is 2.68. The summed E-state index contributed by atoms with van der Waals surface area (Å²) in [6.07, 6.45) is 0.884. The predicted octanol–water partition coefficient (Wildman–Crippen LogP) is 1.32. The van der Waals surface area contributed by atoms with Gasteiger partial charge in [-0.05, 0) is 6.92 Å². The highest BCUT2D eigenvalue weighted by atomic mass is 79.9. The summed E-state index contributed by atoms with van der Waals surface area (Å²) in [4.78, 5) is 0. The van der Waals surface area contributed by atoms with Crippen LogP contribution in [0.2, 0.25) is 0 Å². The average Bonchev–Trinajstić information content (AvgIpc) is 2.18. The van der Waals surface area contributed by atoms with Gasteiger partial charge in [0.25, 0.3) is 0 Å². The van der Waals surface area contributed by atoms with E-state index in [1.165, 1.54) is 0 Å². The smallest absolute Gasteiger partial charge is 0.108 e. The zero-order valence-corrected chi connectivity index (χ0v) is 6.68. The Morgan fingerprint density at radius 2 is 2.33 bits per heavy atom. The average molecular weight is 191 g/mol. The largest absolute Gasteiger partial charge is 0.244 e. The number of nitrogens with zero attached hydrogens (tertiary/aromatic N) is 2. The Labute approximate surface area is 61.5 Å². The van der Waals surface area contributed by atoms with Crippen molar-refractivity contribution >= 4 is 15.9 Å². The molecule has 9 heavy (non-hydrogen) atoms. The van der Waals surface area contributed by atoms with Gasteiger partial charge in [-0.25, -0.2) is 4.63 Å². The van der Waals surface area contributed by atoms with Gasteiger partial charge in [0.15, 0.2) is 0 Å². The van der Waals surface area contributed by atoms with Crippen LogP contribution in [-0.2, 0) is 6.42 Å². The normalized spacial score (nSPS) is 10.0. The van der Waals surface area contributed by atoms with Crippen molar-refractivity contribution in [3.8, 4) is 0 Å². The maximum absolute atomic E-state index is 4.48. The molecule has 1 rings (SSSR count). The minimum absolute atomic E-state index is 0.884. The molecule has 1 heterocycles. The molecule has 50 valence electrons. The number of alkyl halides is 1. The van der Waals surface area contributed by atoms with Gasteiger partial charge in [0, 0.05) is 11.8 Å². The van der Waals surface area contributed by atoms with E-state index in [4.69, 9.17) is 0 Å². The van der Waals surface area contributed by atoms with Crippen molar-refractivity contribution in [2.75, 3.05) is 5.33 Å². The maximum atomic E-state index is 4.48. The SMILES string of the molecule is Cc1nonc1CCBr. The van der Waals surface area contributed by atoms with Crippen LogP contribution in [-0.4, -0.2) is 15.6 Å². The van der Waals surface area contributed by atoms with Gasteiger partial charge in [-0.3, -0.25) is 0 Å². The first kappa shape index (κ1) is 6.74. The number of hydrogen-bond donors (Lipinski definition) is 0. The third kappa shape index (κ3) is 1.51. The van der Waals surface area contributed by atoms with Gasteiger partial charge in [0.2, 0.25) is 0 Å². The summed E-state index contributed by atoms with van der Waals surface area (Å²) in [5.74, 6) is 0. The van der Waals surface area contributed by atoms with Crippen LogP contribution in [0.1, 0.15) is 11.4 Å². The first-order chi connectivity index (χ1) is 4.34. The number of hydrogen-bond acceptors (Lipinski definition) is 3. The Bertz CT molecular complexity index is 187. The molecule has 0 aliphatic rings. The van der Waals surface area contributed by atoms with Crippen molar-refractivity contribution < 1.29 is 4.63 Å². The van der Waals surface area contributed by atoms with Gasteiger partial charge in [-0.15, -0.1) is 0 Å². The Balaban J connectivity index is 2.69. The summed E-state index contributed by atoms with van der Waals surface area (Å²) in [6.45, 7) is 1.88. The van der Waals surface area contributed by atoms with Crippen molar-refractivity contribution in [3.05, 3.63) is 11.4 Å². The first-order valence-corrected chi connectivity index (χ1v) is 3.80. The van der Waals surface area contributed by atoms with Crippen molar-refractivity contribution in [1.29, 1.82) is 0 Å². The molecule has 0 saturated heterocycles. The zero-order valence-electron chi connectivity index (χ0n) is 5.09. The minimum atomic E-state index is 0.884. The van der Waals surface area contributed by atoms with Gasteiger partial charge in [-0.1, -0.05) is 26.2 Å². The van der Waals surface area contributed by atoms with Crippen LogP contribution in [0, 0.1) is 6.92 Å². The van der Waals surface area contributed by atoms with Crippen molar-refractivity contribution in [2.45, 2.75) is 13.3 Å². The fraction of sp³-hybridized carbons (Fsp3) is 0.600. The quantitative estimate of drug-likeness (QED) is 0.661. The van der Waals surface area contributed by atoms with E-state index in [1.807, 2.05) is 6.92 Å². The Morgan fingerprint density at radius 1 is 1.56 bits per heavy atom. The Morgan fingerprint density at radius 3 is 2.78 bits per heavy atom. The summed E-state index contributed by atoms with van der Waals surface area (Å²) < 4.78 is 4.48. The van der Waals surface area contributed by atoms with Crippen LogP contribution >= 0.6 is 15.9 Å². The van der Waals surface area contributed by atoms with Crippen molar-refractivity contribution in [1.82, 2.24) is 10.3 Å². The highest BCUT2D eigenvalue weighted by Gasteiger charge is 2.01. The highest BCUT2D eigenvalue weighted by molar-refractivity contribution is 9.09. The molecule has 0 spiro atoms. The lowest BCUT2D eigenvalue weighted by Crippen LogP contribution is -1.87. The van der Waals surface area contributed by atoms with Gasteiger partial charge in [-0.2, -0.15) is 0 Å². The molecule has 0 aromatic carbocycles. The summed E-state index contributed by atoms with van der Waals surface area (Å²) in [7, 11) is 0. The minimum Gasteiger partial charge on any atom is -0.244 e. The molecule has 0 aliphatic carbocycles. The van der Waals surface area contributed by atoms with E-state index < -0.39 is 0 Å². The number of rotatable bonds is 2. The summed E-state index contributed by atoms with van der Waals surface area (Å²) in [5.41, 5.74) is 1.82. The third-order valence-corrected chi connectivity index (χ3v) is 1.47. The zero-order chi connectivity index (χ0) is 6.69. The standard InChI is InChI=1S/C5H7BrN2O/c1-4-5(2-3-6)8-9-7-4/h2-3H2,1H3. The molecule has 0 bridgehead atoms. The fourth-order valence-electron chi connectivity index (χ4n) is 0.566. The molecule has 0 fully saturated rings. The molecule has 0 N–H and O–H groups in total. The van der Waals surface area contributed by atoms with E-state index in [-0.39, 0.29) is 0 Å². The van der Waals surface area contributed by atoms with Crippen LogP contribution in [0.5, 0.6) is 0 Å². The molecule has 4 heteroatoms. The molecule has 1 aromatic rings. The number of aromatic nitrogens is 2. The lowest BCUT2D eigenvalue weighted by Gasteiger charge is -1.85. The predicted molar refractivity (Wildman–Crippen MR) is 36.5 cm³/mol. The van der Waals surface area contributed by atoms with Crippen LogP contribution < -0.4 is 0 Å². The van der Waals surface area contributed by atoms with E-state index in [2.05, 4.69) is 30.9 Å². The topological polar surface area (TPSA) is 38.9 Å². The van der Waals surface area contributed by atoms with Gasteiger partial charge < -0.3 is 0 Å². The molecule has 0 atom stereocenters. The molecule has 0 saturated carbocycles. The van der Waals surface area contributed by atoms with Crippen molar-refractivity contribution in [3.63, 3.8) is 0 Å². The van der Waals surface area contributed by atoms with E-state index >= 15 is 0 Å². The monoisotopic (exact) mass is 190 g/mol. The number of halogens is 1. The molecule has 0 aliphatic heterocycles. The second kappa shape index (κ2) is 2.96. The molecular formula is C5H7BrN2O. The van der Waals surface area contributed by atoms with Crippen molar-refractivity contribution in [2.24, 2.45) is 0 Å². The van der Waals surface area contributed by atoms with Crippen LogP contribution in [0.15, 0.2) is 4.63 Å². The highest BCUT2D eigenvalue weighted by Crippen LogP contribution is 2.02. The second-order valence-corrected chi connectivity index (χ2v) is 2.53. The lowest BCUT2D eigenvalue weighted by molar-refractivity contribution is 0.301. The summed E-state index contributed by atoms with van der Waals surface area (Å²) >= 11 is 3.30. The summed E-state index contributed by atoms with van der Waals surface area (Å²) in [5, 5.41) is 8.22. The Kier molecular flexibility index (Phi) is 2.22. The maximum Gasteiger partial charge on any atom is 0.108 e. The van der Waals surface area contributed by atoms with E-state index in [1.54, 1.807) is 0 Å². The molecule has 1 aromatic heterocycles. The van der Waals surface area contributed by atoms with E-state index in [0.29, 0.717) is 0 Å². The van der Waals surface area contributed by atoms with Crippen LogP contribution in [0.4, 0.5) is 0 Å². The van der Waals surface area contributed by atoms with Gasteiger partial charge in [0.1, 0.15) is 11.4 Å². The molecule has 3 nitrogen and oxygen atoms in total. The number of aryl methyl sites for hydroxylation is 2. The van der Waals surface area contributed by atoms with Gasteiger partial charge in [0.05, 0.1) is 0 Å². The Hall–Kier alpha value is -0.380. The van der Waals surface area contributed by atoms with Gasteiger partial charge >= 0.3 is 0 Å². The molecule has 0 radical (unpaired) electrons. The third-order valence-electron chi connectivity index (χ3n) is 1.08.